The molecule has 0 aliphatic heterocycles. The highest BCUT2D eigenvalue weighted by Crippen LogP contribution is 2.17. The van der Waals surface area contributed by atoms with Crippen LogP contribution in [0.25, 0.3) is 0 Å². The zero-order valence-electron chi connectivity index (χ0n) is 11.2. The molecule has 0 unspecified atom stereocenters. The lowest BCUT2D eigenvalue weighted by atomic mass is 9.91. The van der Waals surface area contributed by atoms with Crippen molar-refractivity contribution in [2.75, 3.05) is 6.61 Å². The molecule has 19 heavy (non-hydrogen) atoms. The van der Waals surface area contributed by atoms with Crippen LogP contribution in [0.15, 0.2) is 24.3 Å². The summed E-state index contributed by atoms with van der Waals surface area (Å²) in [6, 6.07) is 6.20. The summed E-state index contributed by atoms with van der Waals surface area (Å²) in [5, 5.41) is 0. The second-order valence-electron chi connectivity index (χ2n) is 5.33. The Kier molecular flexibility index (Phi) is 4.70. The van der Waals surface area contributed by atoms with Crippen molar-refractivity contribution < 1.29 is 22.5 Å². The van der Waals surface area contributed by atoms with E-state index in [1.54, 1.807) is 12.1 Å². The Morgan fingerprint density at radius 1 is 1.21 bits per heavy atom. The SMILES string of the molecule is CC(C)(C)C(=O)COc1ccc(CS(=O)(=O)O)cc1. The van der Waals surface area contributed by atoms with Crippen LogP contribution in [0.2, 0.25) is 0 Å². The van der Waals surface area contributed by atoms with Crippen molar-refractivity contribution in [3.8, 4) is 5.75 Å². The van der Waals surface area contributed by atoms with E-state index in [-0.39, 0.29) is 12.4 Å². The summed E-state index contributed by atoms with van der Waals surface area (Å²) in [5.41, 5.74) is 0.00209. The maximum atomic E-state index is 11.7. The van der Waals surface area contributed by atoms with Crippen molar-refractivity contribution in [1.29, 1.82) is 0 Å². The molecule has 0 bridgehead atoms. The molecule has 1 N–H and O–H groups in total. The Morgan fingerprint density at radius 2 is 1.74 bits per heavy atom. The van der Waals surface area contributed by atoms with Crippen molar-refractivity contribution in [3.05, 3.63) is 29.8 Å². The standard InChI is InChI=1S/C13H18O5S/c1-13(2,3)12(14)8-18-11-6-4-10(5-7-11)9-19(15,16)17/h4-7H,8-9H2,1-3H3,(H,15,16,17). The van der Waals surface area contributed by atoms with Crippen LogP contribution >= 0.6 is 0 Å². The van der Waals surface area contributed by atoms with E-state index in [1.165, 1.54) is 12.1 Å². The van der Waals surface area contributed by atoms with E-state index in [9.17, 15) is 13.2 Å². The summed E-state index contributed by atoms with van der Waals surface area (Å²) in [6.07, 6.45) is 0. The van der Waals surface area contributed by atoms with Gasteiger partial charge in [0.15, 0.2) is 5.78 Å². The Morgan fingerprint density at radius 3 is 2.16 bits per heavy atom. The molecule has 0 atom stereocenters. The fourth-order valence-electron chi connectivity index (χ4n) is 1.26. The molecule has 106 valence electrons. The van der Waals surface area contributed by atoms with E-state index in [4.69, 9.17) is 9.29 Å². The molecule has 1 rings (SSSR count). The van der Waals surface area contributed by atoms with E-state index in [0.717, 1.165) is 0 Å². The van der Waals surface area contributed by atoms with Gasteiger partial charge in [-0.1, -0.05) is 32.9 Å². The van der Waals surface area contributed by atoms with Crippen LogP contribution in [0, 0.1) is 5.41 Å². The van der Waals surface area contributed by atoms with Crippen molar-refractivity contribution in [1.82, 2.24) is 0 Å². The van der Waals surface area contributed by atoms with E-state index < -0.39 is 21.3 Å². The number of carbonyl (C=O) groups excluding carboxylic acids is 1. The summed E-state index contributed by atoms with van der Waals surface area (Å²) in [5.74, 6) is 0.0278. The first-order valence-corrected chi connectivity index (χ1v) is 7.39. The quantitative estimate of drug-likeness (QED) is 0.838. The van der Waals surface area contributed by atoms with Crippen LogP contribution in [-0.2, 0) is 20.7 Å². The van der Waals surface area contributed by atoms with Crippen LogP contribution < -0.4 is 4.74 Å². The predicted octanol–water partition coefficient (Wildman–Crippen LogP) is 2.07. The fraction of sp³-hybridized carbons (Fsp3) is 0.462. The fourth-order valence-corrected chi connectivity index (χ4v) is 1.87. The van der Waals surface area contributed by atoms with Crippen molar-refractivity contribution in [2.24, 2.45) is 5.41 Å². The van der Waals surface area contributed by atoms with Gasteiger partial charge in [-0.05, 0) is 17.7 Å². The highest BCUT2D eigenvalue weighted by molar-refractivity contribution is 7.85. The zero-order valence-corrected chi connectivity index (χ0v) is 12.0. The first-order chi connectivity index (χ1) is 8.58. The molecular weight excluding hydrogens is 268 g/mol. The molecule has 0 aliphatic rings. The van der Waals surface area contributed by atoms with Gasteiger partial charge >= 0.3 is 0 Å². The molecule has 0 saturated heterocycles. The maximum Gasteiger partial charge on any atom is 0.269 e. The number of ether oxygens (including phenoxy) is 1. The number of rotatable bonds is 5. The van der Waals surface area contributed by atoms with Crippen molar-refractivity contribution in [3.63, 3.8) is 0 Å². The van der Waals surface area contributed by atoms with Gasteiger partial charge < -0.3 is 4.74 Å². The number of carbonyl (C=O) groups is 1. The lowest BCUT2D eigenvalue weighted by Gasteiger charge is -2.16. The first-order valence-electron chi connectivity index (χ1n) is 5.78. The predicted molar refractivity (Wildman–Crippen MR) is 71.7 cm³/mol. The molecule has 0 spiro atoms. The van der Waals surface area contributed by atoms with Gasteiger partial charge in [-0.25, -0.2) is 0 Å². The van der Waals surface area contributed by atoms with E-state index in [2.05, 4.69) is 0 Å². The second kappa shape index (κ2) is 5.71. The number of hydrogen-bond acceptors (Lipinski definition) is 4. The third-order valence-electron chi connectivity index (χ3n) is 2.48. The summed E-state index contributed by atoms with van der Waals surface area (Å²) >= 11 is 0. The maximum absolute atomic E-state index is 11.7. The van der Waals surface area contributed by atoms with Gasteiger partial charge in [0.25, 0.3) is 10.1 Å². The smallest absolute Gasteiger partial charge is 0.269 e. The molecule has 0 fully saturated rings. The van der Waals surface area contributed by atoms with E-state index in [0.29, 0.717) is 11.3 Å². The molecule has 6 heteroatoms. The monoisotopic (exact) mass is 286 g/mol. The molecule has 0 amide bonds. The van der Waals surface area contributed by atoms with Crippen LogP contribution in [0.1, 0.15) is 26.3 Å². The Bertz CT molecular complexity index is 537. The van der Waals surface area contributed by atoms with Crippen LogP contribution in [0.3, 0.4) is 0 Å². The Hall–Kier alpha value is -1.40. The highest BCUT2D eigenvalue weighted by atomic mass is 32.2. The lowest BCUT2D eigenvalue weighted by molar-refractivity contribution is -0.128. The summed E-state index contributed by atoms with van der Waals surface area (Å²) in [7, 11) is -4.03. The second-order valence-corrected chi connectivity index (χ2v) is 6.78. The number of hydrogen-bond donors (Lipinski definition) is 1. The molecule has 1 aromatic carbocycles. The molecule has 0 aliphatic carbocycles. The van der Waals surface area contributed by atoms with Gasteiger partial charge in [0, 0.05) is 5.41 Å². The molecule has 0 aromatic heterocycles. The number of benzene rings is 1. The molecule has 0 radical (unpaired) electrons. The minimum Gasteiger partial charge on any atom is -0.486 e. The Labute approximate surface area is 113 Å². The third kappa shape index (κ3) is 5.85. The van der Waals surface area contributed by atoms with Crippen molar-refractivity contribution >= 4 is 15.9 Å². The minimum atomic E-state index is -4.03. The van der Waals surface area contributed by atoms with Gasteiger partial charge in [0.1, 0.15) is 18.1 Å². The van der Waals surface area contributed by atoms with Crippen LogP contribution in [0.5, 0.6) is 5.75 Å². The summed E-state index contributed by atoms with van der Waals surface area (Å²) < 4.78 is 35.4. The third-order valence-corrected chi connectivity index (χ3v) is 3.18. The molecule has 1 aromatic rings. The average Bonchev–Trinajstić information content (AvgIpc) is 2.24. The lowest BCUT2D eigenvalue weighted by Crippen LogP contribution is -2.26. The summed E-state index contributed by atoms with van der Waals surface area (Å²) in [6.45, 7) is 5.41. The molecule has 0 heterocycles. The van der Waals surface area contributed by atoms with Gasteiger partial charge in [0.2, 0.25) is 0 Å². The van der Waals surface area contributed by atoms with E-state index >= 15 is 0 Å². The largest absolute Gasteiger partial charge is 0.486 e. The first kappa shape index (κ1) is 15.7. The van der Waals surface area contributed by atoms with Crippen LogP contribution in [-0.4, -0.2) is 25.4 Å². The number of ketones is 1. The molecule has 0 saturated carbocycles. The molecule has 5 nitrogen and oxygen atoms in total. The summed E-state index contributed by atoms with van der Waals surface area (Å²) in [4.78, 5) is 11.7. The van der Waals surface area contributed by atoms with Gasteiger partial charge in [-0.3, -0.25) is 9.35 Å². The van der Waals surface area contributed by atoms with Crippen LogP contribution in [0.4, 0.5) is 0 Å². The topological polar surface area (TPSA) is 80.7 Å². The minimum absolute atomic E-state index is 0.0190. The number of Topliss-reactive ketones (excluding diaryl/α,β-unsaturated/α-hetero) is 1. The van der Waals surface area contributed by atoms with E-state index in [1.807, 2.05) is 20.8 Å². The van der Waals surface area contributed by atoms with Crippen molar-refractivity contribution in [2.45, 2.75) is 26.5 Å². The molecular formula is C13H18O5S. The Balaban J connectivity index is 2.61. The highest BCUT2D eigenvalue weighted by Gasteiger charge is 2.21. The average molecular weight is 286 g/mol. The van der Waals surface area contributed by atoms with Gasteiger partial charge in [-0.15, -0.1) is 0 Å². The zero-order chi connectivity index (χ0) is 14.7. The van der Waals surface area contributed by atoms with Gasteiger partial charge in [-0.2, -0.15) is 8.42 Å². The normalized spacial score (nSPS) is 12.2. The van der Waals surface area contributed by atoms with Gasteiger partial charge in [0.05, 0.1) is 0 Å².